The van der Waals surface area contributed by atoms with Crippen LogP contribution < -0.4 is 5.32 Å². The van der Waals surface area contributed by atoms with E-state index in [1.807, 2.05) is 6.20 Å². The first-order valence-corrected chi connectivity index (χ1v) is 6.53. The van der Waals surface area contributed by atoms with Crippen LogP contribution in [-0.4, -0.2) is 18.1 Å². The molecule has 1 aromatic rings. The topological polar surface area (TPSA) is 24.9 Å². The minimum Gasteiger partial charge on any atom is -0.317 e. The summed E-state index contributed by atoms with van der Waals surface area (Å²) in [5.74, 6) is 0.829. The lowest BCUT2D eigenvalue weighted by Gasteiger charge is -2.12. The predicted molar refractivity (Wildman–Crippen MR) is 67.5 cm³/mol. The SMILES string of the molecule is CCc1ccc(CC2CCCNCC2)nc1. The van der Waals surface area contributed by atoms with Crippen molar-refractivity contribution in [3.05, 3.63) is 29.6 Å². The zero-order valence-corrected chi connectivity index (χ0v) is 10.2. The Labute approximate surface area is 98.5 Å². The number of nitrogens with one attached hydrogen (secondary N) is 1. The second kappa shape index (κ2) is 6.00. The van der Waals surface area contributed by atoms with Gasteiger partial charge in [-0.1, -0.05) is 13.0 Å². The van der Waals surface area contributed by atoms with Crippen molar-refractivity contribution in [2.45, 2.75) is 39.0 Å². The lowest BCUT2D eigenvalue weighted by atomic mass is 9.95. The molecule has 16 heavy (non-hydrogen) atoms. The first-order chi connectivity index (χ1) is 7.88. The van der Waals surface area contributed by atoms with Crippen LogP contribution in [-0.2, 0) is 12.8 Å². The van der Waals surface area contributed by atoms with Gasteiger partial charge < -0.3 is 5.32 Å². The van der Waals surface area contributed by atoms with Gasteiger partial charge in [-0.15, -0.1) is 0 Å². The molecule has 1 aliphatic rings. The normalized spacial score (nSPS) is 21.7. The molecular weight excluding hydrogens is 196 g/mol. The molecule has 1 unspecified atom stereocenters. The van der Waals surface area contributed by atoms with E-state index in [0.717, 1.165) is 18.8 Å². The van der Waals surface area contributed by atoms with Crippen LogP contribution in [0.1, 0.15) is 37.4 Å². The summed E-state index contributed by atoms with van der Waals surface area (Å²) in [4.78, 5) is 4.55. The fourth-order valence-corrected chi connectivity index (χ4v) is 2.38. The highest BCUT2D eigenvalue weighted by atomic mass is 14.8. The van der Waals surface area contributed by atoms with Crippen molar-refractivity contribution in [2.75, 3.05) is 13.1 Å². The largest absolute Gasteiger partial charge is 0.317 e. The zero-order chi connectivity index (χ0) is 11.2. The minimum absolute atomic E-state index is 0.829. The maximum Gasteiger partial charge on any atom is 0.0406 e. The number of aryl methyl sites for hydroxylation is 1. The summed E-state index contributed by atoms with van der Waals surface area (Å²) < 4.78 is 0. The summed E-state index contributed by atoms with van der Waals surface area (Å²) >= 11 is 0. The molecule has 2 rings (SSSR count). The van der Waals surface area contributed by atoms with Crippen LogP contribution in [0.4, 0.5) is 0 Å². The molecule has 1 saturated heterocycles. The molecule has 2 heterocycles. The highest BCUT2D eigenvalue weighted by Crippen LogP contribution is 2.18. The molecule has 1 aromatic heterocycles. The molecule has 0 radical (unpaired) electrons. The van der Waals surface area contributed by atoms with Crippen molar-refractivity contribution in [1.29, 1.82) is 0 Å². The van der Waals surface area contributed by atoms with Gasteiger partial charge >= 0.3 is 0 Å². The van der Waals surface area contributed by atoms with E-state index in [2.05, 4.69) is 29.4 Å². The predicted octanol–water partition coefficient (Wildman–Crippen LogP) is 2.58. The van der Waals surface area contributed by atoms with E-state index < -0.39 is 0 Å². The molecule has 88 valence electrons. The van der Waals surface area contributed by atoms with Crippen molar-refractivity contribution >= 4 is 0 Å². The van der Waals surface area contributed by atoms with Crippen LogP contribution in [0.5, 0.6) is 0 Å². The first kappa shape index (κ1) is 11.6. The molecule has 0 spiro atoms. The molecule has 0 bridgehead atoms. The van der Waals surface area contributed by atoms with Crippen LogP contribution in [0.15, 0.2) is 18.3 Å². The van der Waals surface area contributed by atoms with Gasteiger partial charge in [0.1, 0.15) is 0 Å². The van der Waals surface area contributed by atoms with Gasteiger partial charge in [0, 0.05) is 11.9 Å². The van der Waals surface area contributed by atoms with E-state index in [1.54, 1.807) is 0 Å². The molecule has 0 aliphatic carbocycles. The lowest BCUT2D eigenvalue weighted by molar-refractivity contribution is 0.465. The number of hydrogen-bond acceptors (Lipinski definition) is 2. The van der Waals surface area contributed by atoms with Gasteiger partial charge in [-0.3, -0.25) is 4.98 Å². The van der Waals surface area contributed by atoms with E-state index in [1.165, 1.54) is 43.6 Å². The van der Waals surface area contributed by atoms with Crippen molar-refractivity contribution in [2.24, 2.45) is 5.92 Å². The highest BCUT2D eigenvalue weighted by molar-refractivity contribution is 5.14. The third kappa shape index (κ3) is 3.31. The smallest absolute Gasteiger partial charge is 0.0406 e. The average molecular weight is 218 g/mol. The van der Waals surface area contributed by atoms with E-state index >= 15 is 0 Å². The Morgan fingerprint density at radius 2 is 2.25 bits per heavy atom. The van der Waals surface area contributed by atoms with Gasteiger partial charge in [0.05, 0.1) is 0 Å². The number of pyridine rings is 1. The van der Waals surface area contributed by atoms with Crippen molar-refractivity contribution in [3.63, 3.8) is 0 Å². The summed E-state index contributed by atoms with van der Waals surface area (Å²) in [5, 5.41) is 3.46. The average Bonchev–Trinajstić information content (AvgIpc) is 2.59. The van der Waals surface area contributed by atoms with Gasteiger partial charge in [-0.2, -0.15) is 0 Å². The molecule has 1 fully saturated rings. The summed E-state index contributed by atoms with van der Waals surface area (Å²) in [6.45, 7) is 4.55. The van der Waals surface area contributed by atoms with Crippen LogP contribution >= 0.6 is 0 Å². The third-order valence-corrected chi connectivity index (χ3v) is 3.49. The Bertz CT molecular complexity index is 297. The van der Waals surface area contributed by atoms with Crippen molar-refractivity contribution in [1.82, 2.24) is 10.3 Å². The van der Waals surface area contributed by atoms with Crippen molar-refractivity contribution in [3.8, 4) is 0 Å². The molecular formula is C14H22N2. The third-order valence-electron chi connectivity index (χ3n) is 3.49. The Hall–Kier alpha value is -0.890. The summed E-state index contributed by atoms with van der Waals surface area (Å²) in [6.07, 6.45) is 8.25. The van der Waals surface area contributed by atoms with Gasteiger partial charge in [-0.05, 0) is 62.7 Å². The summed E-state index contributed by atoms with van der Waals surface area (Å²) in [7, 11) is 0. The van der Waals surface area contributed by atoms with Crippen LogP contribution in [0.3, 0.4) is 0 Å². The molecule has 2 heteroatoms. The van der Waals surface area contributed by atoms with Crippen LogP contribution in [0.2, 0.25) is 0 Å². The second-order valence-corrected chi connectivity index (χ2v) is 4.76. The molecule has 1 aliphatic heterocycles. The Balaban J connectivity index is 1.91. The standard InChI is InChI=1S/C14H22N2/c1-2-12-5-6-14(16-11-12)10-13-4-3-8-15-9-7-13/h5-6,11,13,15H,2-4,7-10H2,1H3. The van der Waals surface area contributed by atoms with E-state index in [4.69, 9.17) is 0 Å². The molecule has 2 nitrogen and oxygen atoms in total. The molecule has 1 atom stereocenters. The summed E-state index contributed by atoms with van der Waals surface area (Å²) in [5.41, 5.74) is 2.61. The second-order valence-electron chi connectivity index (χ2n) is 4.76. The maximum absolute atomic E-state index is 4.55. The monoisotopic (exact) mass is 218 g/mol. The van der Waals surface area contributed by atoms with Crippen molar-refractivity contribution < 1.29 is 0 Å². The quantitative estimate of drug-likeness (QED) is 0.843. The van der Waals surface area contributed by atoms with Gasteiger partial charge in [0.15, 0.2) is 0 Å². The van der Waals surface area contributed by atoms with Crippen LogP contribution in [0, 0.1) is 5.92 Å². The number of aromatic nitrogens is 1. The Morgan fingerprint density at radius 1 is 1.31 bits per heavy atom. The Morgan fingerprint density at radius 3 is 3.00 bits per heavy atom. The Kier molecular flexibility index (Phi) is 4.34. The van der Waals surface area contributed by atoms with Gasteiger partial charge in [-0.25, -0.2) is 0 Å². The summed E-state index contributed by atoms with van der Waals surface area (Å²) in [6, 6.07) is 4.43. The number of rotatable bonds is 3. The van der Waals surface area contributed by atoms with Gasteiger partial charge in [0.25, 0.3) is 0 Å². The van der Waals surface area contributed by atoms with E-state index in [0.29, 0.717) is 0 Å². The lowest BCUT2D eigenvalue weighted by Crippen LogP contribution is -2.14. The fraction of sp³-hybridized carbons (Fsp3) is 0.643. The van der Waals surface area contributed by atoms with E-state index in [9.17, 15) is 0 Å². The zero-order valence-electron chi connectivity index (χ0n) is 10.2. The van der Waals surface area contributed by atoms with Crippen LogP contribution in [0.25, 0.3) is 0 Å². The number of hydrogen-bond donors (Lipinski definition) is 1. The molecule has 0 amide bonds. The molecule has 1 N–H and O–H groups in total. The highest BCUT2D eigenvalue weighted by Gasteiger charge is 2.12. The minimum atomic E-state index is 0.829. The molecule has 0 aromatic carbocycles. The molecule has 0 saturated carbocycles. The fourth-order valence-electron chi connectivity index (χ4n) is 2.38. The maximum atomic E-state index is 4.55. The first-order valence-electron chi connectivity index (χ1n) is 6.53. The number of nitrogens with zero attached hydrogens (tertiary/aromatic N) is 1. The van der Waals surface area contributed by atoms with Gasteiger partial charge in [0.2, 0.25) is 0 Å². The van der Waals surface area contributed by atoms with E-state index in [-0.39, 0.29) is 0 Å².